The van der Waals surface area contributed by atoms with Crippen molar-refractivity contribution in [3.8, 4) is 0 Å². The van der Waals surface area contributed by atoms with Crippen molar-refractivity contribution >= 4 is 11.6 Å². The summed E-state index contributed by atoms with van der Waals surface area (Å²) in [7, 11) is 0. The first-order chi connectivity index (χ1) is 10.0. The predicted octanol–water partition coefficient (Wildman–Crippen LogP) is 2.14. The molecular formula is C16H19N5. The summed E-state index contributed by atoms with van der Waals surface area (Å²) in [6.45, 7) is 6.71. The van der Waals surface area contributed by atoms with Gasteiger partial charge in [-0.15, -0.1) is 0 Å². The normalized spacial score (nSPS) is 21.5. The van der Waals surface area contributed by atoms with Crippen molar-refractivity contribution in [2.45, 2.75) is 26.3 Å². The van der Waals surface area contributed by atoms with E-state index in [1.807, 2.05) is 11.8 Å². The summed E-state index contributed by atoms with van der Waals surface area (Å²) in [6, 6.07) is 8.27. The predicted molar refractivity (Wildman–Crippen MR) is 84.3 cm³/mol. The number of aromatic nitrogens is 2. The van der Waals surface area contributed by atoms with Gasteiger partial charge in [0.25, 0.3) is 0 Å². The molecule has 5 nitrogen and oxygen atoms in total. The Balaban J connectivity index is 2.10. The van der Waals surface area contributed by atoms with Crippen molar-refractivity contribution in [3.63, 3.8) is 0 Å². The fourth-order valence-corrected chi connectivity index (χ4v) is 2.86. The molecular weight excluding hydrogens is 262 g/mol. The highest BCUT2D eigenvalue weighted by Crippen LogP contribution is 2.36. The van der Waals surface area contributed by atoms with E-state index in [-0.39, 0.29) is 0 Å². The first-order valence-electron chi connectivity index (χ1n) is 6.97. The van der Waals surface area contributed by atoms with Gasteiger partial charge >= 0.3 is 0 Å². The molecule has 1 unspecified atom stereocenters. The minimum absolute atomic E-state index is 0.405. The maximum atomic E-state index is 6.14. The summed E-state index contributed by atoms with van der Waals surface area (Å²) in [5.74, 6) is 0.520. The van der Waals surface area contributed by atoms with Crippen molar-refractivity contribution in [1.29, 1.82) is 0 Å². The van der Waals surface area contributed by atoms with Gasteiger partial charge in [0.05, 0.1) is 17.9 Å². The Morgan fingerprint density at radius 2 is 1.76 bits per heavy atom. The molecule has 0 aliphatic carbocycles. The Morgan fingerprint density at radius 3 is 2.43 bits per heavy atom. The van der Waals surface area contributed by atoms with Gasteiger partial charge in [-0.05, 0) is 32.9 Å². The Bertz CT molecular complexity index is 692. The van der Waals surface area contributed by atoms with Gasteiger partial charge in [0, 0.05) is 18.1 Å². The number of guanidine groups is 1. The number of hydrogen-bond donors (Lipinski definition) is 1. The maximum Gasteiger partial charge on any atom is 0.196 e. The molecule has 21 heavy (non-hydrogen) atoms. The number of anilines is 1. The average molecular weight is 281 g/mol. The molecule has 5 heteroatoms. The zero-order valence-electron chi connectivity index (χ0n) is 12.5. The van der Waals surface area contributed by atoms with Gasteiger partial charge in [0.15, 0.2) is 5.96 Å². The molecule has 108 valence electrons. The van der Waals surface area contributed by atoms with Crippen molar-refractivity contribution in [1.82, 2.24) is 9.97 Å². The van der Waals surface area contributed by atoms with E-state index in [2.05, 4.69) is 53.1 Å². The number of hydrogen-bond acceptors (Lipinski definition) is 5. The molecule has 1 aliphatic heterocycles. The van der Waals surface area contributed by atoms with Crippen LogP contribution in [0.25, 0.3) is 0 Å². The third kappa shape index (κ3) is 2.14. The molecule has 3 rings (SSSR count). The smallest absolute Gasteiger partial charge is 0.196 e. The van der Waals surface area contributed by atoms with Crippen LogP contribution in [-0.4, -0.2) is 22.5 Å². The fraction of sp³-hybridized carbons (Fsp3) is 0.312. The highest BCUT2D eigenvalue weighted by molar-refractivity contribution is 5.98. The van der Waals surface area contributed by atoms with Crippen molar-refractivity contribution in [2.75, 3.05) is 11.4 Å². The lowest BCUT2D eigenvalue weighted by Crippen LogP contribution is -2.48. The van der Waals surface area contributed by atoms with Crippen LogP contribution < -0.4 is 10.6 Å². The van der Waals surface area contributed by atoms with E-state index in [0.29, 0.717) is 12.5 Å². The van der Waals surface area contributed by atoms with E-state index < -0.39 is 5.54 Å². The van der Waals surface area contributed by atoms with E-state index in [4.69, 9.17) is 5.73 Å². The zero-order chi connectivity index (χ0) is 15.0. The molecule has 0 spiro atoms. The van der Waals surface area contributed by atoms with Crippen molar-refractivity contribution in [2.24, 2.45) is 10.7 Å². The van der Waals surface area contributed by atoms with Gasteiger partial charge in [0.1, 0.15) is 5.54 Å². The van der Waals surface area contributed by atoms with Gasteiger partial charge in [-0.3, -0.25) is 19.9 Å². The highest BCUT2D eigenvalue weighted by Gasteiger charge is 2.42. The third-order valence-electron chi connectivity index (χ3n) is 3.96. The van der Waals surface area contributed by atoms with E-state index in [1.165, 1.54) is 5.56 Å². The average Bonchev–Trinajstić information content (AvgIpc) is 2.77. The van der Waals surface area contributed by atoms with E-state index in [1.54, 1.807) is 12.4 Å². The van der Waals surface area contributed by atoms with Crippen LogP contribution in [0.15, 0.2) is 41.7 Å². The minimum Gasteiger partial charge on any atom is -0.369 e. The third-order valence-corrected chi connectivity index (χ3v) is 3.96. The zero-order valence-corrected chi connectivity index (χ0v) is 12.5. The summed E-state index contributed by atoms with van der Waals surface area (Å²) in [5.41, 5.74) is 9.79. The lowest BCUT2D eigenvalue weighted by Gasteiger charge is -2.36. The number of aryl methyl sites for hydroxylation is 2. The summed E-state index contributed by atoms with van der Waals surface area (Å²) in [6.07, 6.45) is 3.42. The number of nitrogens with zero attached hydrogens (tertiary/aromatic N) is 4. The lowest BCUT2D eigenvalue weighted by atomic mass is 9.94. The molecule has 2 heterocycles. The highest BCUT2D eigenvalue weighted by atomic mass is 15.4. The number of benzene rings is 1. The van der Waals surface area contributed by atoms with Crippen LogP contribution in [-0.2, 0) is 5.54 Å². The lowest BCUT2D eigenvalue weighted by molar-refractivity contribution is 0.508. The maximum absolute atomic E-state index is 6.14. The van der Waals surface area contributed by atoms with E-state index >= 15 is 0 Å². The largest absolute Gasteiger partial charge is 0.369 e. The number of rotatable bonds is 2. The molecule has 0 fully saturated rings. The standard InChI is InChI=1S/C16H19N5/c1-11-4-6-13(7-5-11)21-15(17)20-10-16(21,3)14-12(2)18-8-9-19-14/h4-9H,10H2,1-3H3,(H2,17,20). The minimum atomic E-state index is -0.405. The molecule has 1 aliphatic rings. The summed E-state index contributed by atoms with van der Waals surface area (Å²) < 4.78 is 0. The van der Waals surface area contributed by atoms with E-state index in [0.717, 1.165) is 17.1 Å². The second-order valence-electron chi connectivity index (χ2n) is 5.61. The summed E-state index contributed by atoms with van der Waals surface area (Å²) >= 11 is 0. The number of nitrogens with two attached hydrogens (primary N) is 1. The Kier molecular flexibility index (Phi) is 3.12. The SMILES string of the molecule is Cc1ccc(N2C(N)=NCC2(C)c2nccnc2C)cc1. The first kappa shape index (κ1) is 13.5. The number of aliphatic imine (C=N–C) groups is 1. The van der Waals surface area contributed by atoms with Gasteiger partial charge in [0.2, 0.25) is 0 Å². The molecule has 0 saturated heterocycles. The Morgan fingerprint density at radius 1 is 1.10 bits per heavy atom. The van der Waals surface area contributed by atoms with Gasteiger partial charge in [-0.1, -0.05) is 17.7 Å². The van der Waals surface area contributed by atoms with Crippen LogP contribution in [0.2, 0.25) is 0 Å². The van der Waals surface area contributed by atoms with Gasteiger partial charge in [-0.25, -0.2) is 0 Å². The second kappa shape index (κ2) is 4.84. The topological polar surface area (TPSA) is 67.4 Å². The first-order valence-corrected chi connectivity index (χ1v) is 6.97. The van der Waals surface area contributed by atoms with Crippen LogP contribution >= 0.6 is 0 Å². The van der Waals surface area contributed by atoms with Gasteiger partial charge in [-0.2, -0.15) is 0 Å². The van der Waals surface area contributed by atoms with Crippen molar-refractivity contribution in [3.05, 3.63) is 53.6 Å². The Hall–Kier alpha value is -2.43. The molecule has 1 atom stereocenters. The summed E-state index contributed by atoms with van der Waals surface area (Å²) in [4.78, 5) is 15.4. The molecule has 1 aromatic carbocycles. The van der Waals surface area contributed by atoms with Crippen molar-refractivity contribution < 1.29 is 0 Å². The van der Waals surface area contributed by atoms with Crippen LogP contribution in [0.3, 0.4) is 0 Å². The molecule has 0 amide bonds. The van der Waals surface area contributed by atoms with Crippen LogP contribution in [0.4, 0.5) is 5.69 Å². The monoisotopic (exact) mass is 281 g/mol. The Labute approximate surface area is 124 Å². The van der Waals surface area contributed by atoms with Crippen LogP contribution in [0.5, 0.6) is 0 Å². The second-order valence-corrected chi connectivity index (χ2v) is 5.61. The molecule has 0 radical (unpaired) electrons. The van der Waals surface area contributed by atoms with E-state index in [9.17, 15) is 0 Å². The van der Waals surface area contributed by atoms with Crippen LogP contribution in [0.1, 0.15) is 23.9 Å². The molecule has 0 saturated carbocycles. The van der Waals surface area contributed by atoms with Crippen LogP contribution in [0, 0.1) is 13.8 Å². The fourth-order valence-electron chi connectivity index (χ4n) is 2.86. The quantitative estimate of drug-likeness (QED) is 0.915. The van der Waals surface area contributed by atoms with Gasteiger partial charge < -0.3 is 5.73 Å². The summed E-state index contributed by atoms with van der Waals surface area (Å²) in [5, 5.41) is 0. The molecule has 2 N–H and O–H groups in total. The molecule has 2 aromatic rings. The molecule has 0 bridgehead atoms. The molecule has 1 aromatic heterocycles.